The van der Waals surface area contributed by atoms with Gasteiger partial charge in [-0.1, -0.05) is 50.2 Å². The number of para-hydroxylation sites is 2. The summed E-state index contributed by atoms with van der Waals surface area (Å²) in [6.07, 6.45) is 0. The number of benzene rings is 2. The van der Waals surface area contributed by atoms with Gasteiger partial charge in [-0.2, -0.15) is 11.3 Å². The third kappa shape index (κ3) is 3.01. The Labute approximate surface area is 157 Å². The molecule has 0 unspecified atom stereocenters. The third-order valence-corrected chi connectivity index (χ3v) is 5.63. The number of hydrogen-bond donors (Lipinski definition) is 1. The monoisotopic (exact) mass is 363 g/mol. The normalized spacial score (nSPS) is 13.5. The van der Waals surface area contributed by atoms with Crippen LogP contribution in [-0.2, 0) is 10.2 Å². The molecular formula is C22H21NO2S. The molecule has 0 radical (unpaired) electrons. The Morgan fingerprint density at radius 3 is 2.23 bits per heavy atom. The van der Waals surface area contributed by atoms with Gasteiger partial charge in [-0.15, -0.1) is 0 Å². The Morgan fingerprint density at radius 1 is 1.04 bits per heavy atom. The molecule has 0 spiro atoms. The minimum Gasteiger partial charge on any atom is -0.457 e. The number of ether oxygens (including phenoxy) is 1. The van der Waals surface area contributed by atoms with E-state index < -0.39 is 0 Å². The van der Waals surface area contributed by atoms with Gasteiger partial charge in [0.25, 0.3) is 0 Å². The predicted molar refractivity (Wildman–Crippen MR) is 105 cm³/mol. The molecule has 2 aromatic carbocycles. The second kappa shape index (κ2) is 6.61. The lowest BCUT2D eigenvalue weighted by atomic mass is 9.84. The van der Waals surface area contributed by atoms with E-state index in [1.165, 1.54) is 5.56 Å². The average Bonchev–Trinajstić information content (AvgIpc) is 3.20. The number of amides is 1. The van der Waals surface area contributed by atoms with E-state index in [1.807, 2.05) is 48.5 Å². The lowest BCUT2D eigenvalue weighted by Gasteiger charge is -2.29. The van der Waals surface area contributed by atoms with Crippen molar-refractivity contribution in [3.8, 4) is 11.5 Å². The minimum absolute atomic E-state index is 0.0107. The molecule has 0 atom stereocenters. The highest BCUT2D eigenvalue weighted by atomic mass is 32.1. The highest BCUT2D eigenvalue weighted by molar-refractivity contribution is 7.08. The smallest absolute Gasteiger partial charge is 0.232 e. The Hall–Kier alpha value is -2.59. The highest BCUT2D eigenvalue weighted by Crippen LogP contribution is 2.43. The summed E-state index contributed by atoms with van der Waals surface area (Å²) in [4.78, 5) is 13.2. The molecule has 132 valence electrons. The third-order valence-electron chi connectivity index (χ3n) is 4.95. The van der Waals surface area contributed by atoms with E-state index in [9.17, 15) is 4.79 Å². The van der Waals surface area contributed by atoms with E-state index >= 15 is 0 Å². The van der Waals surface area contributed by atoms with Crippen molar-refractivity contribution in [3.05, 3.63) is 82.0 Å². The molecule has 3 nitrogen and oxygen atoms in total. The molecule has 1 aliphatic rings. The highest BCUT2D eigenvalue weighted by Gasteiger charge is 2.33. The van der Waals surface area contributed by atoms with Gasteiger partial charge in [-0.25, -0.2) is 0 Å². The fourth-order valence-corrected chi connectivity index (χ4v) is 4.20. The zero-order chi connectivity index (χ0) is 18.1. The van der Waals surface area contributed by atoms with Crippen LogP contribution in [0.25, 0.3) is 0 Å². The van der Waals surface area contributed by atoms with Crippen molar-refractivity contribution in [1.29, 1.82) is 0 Å². The van der Waals surface area contributed by atoms with Gasteiger partial charge in [0.1, 0.15) is 11.5 Å². The molecule has 1 amide bonds. The van der Waals surface area contributed by atoms with Crippen molar-refractivity contribution in [2.24, 2.45) is 0 Å². The first-order valence-corrected chi connectivity index (χ1v) is 9.67. The summed E-state index contributed by atoms with van der Waals surface area (Å²) in [7, 11) is 0. The van der Waals surface area contributed by atoms with E-state index in [4.69, 9.17) is 4.74 Å². The van der Waals surface area contributed by atoms with Crippen LogP contribution >= 0.6 is 11.3 Å². The molecule has 4 heteroatoms. The molecule has 0 saturated carbocycles. The number of hydrogen-bond acceptors (Lipinski definition) is 3. The molecule has 1 aliphatic heterocycles. The second-order valence-corrected chi connectivity index (χ2v) is 8.00. The van der Waals surface area contributed by atoms with Crippen LogP contribution < -0.4 is 10.1 Å². The van der Waals surface area contributed by atoms with E-state index in [1.54, 1.807) is 11.3 Å². The molecule has 0 fully saturated rings. The molecule has 0 aliphatic carbocycles. The van der Waals surface area contributed by atoms with E-state index in [0.717, 1.165) is 22.6 Å². The van der Waals surface area contributed by atoms with Crippen LogP contribution in [-0.4, -0.2) is 12.5 Å². The van der Waals surface area contributed by atoms with Gasteiger partial charge in [0.05, 0.1) is 5.92 Å². The fourth-order valence-electron chi connectivity index (χ4n) is 3.35. The van der Waals surface area contributed by atoms with Crippen molar-refractivity contribution >= 4 is 17.2 Å². The van der Waals surface area contributed by atoms with Crippen molar-refractivity contribution in [2.75, 3.05) is 6.54 Å². The van der Waals surface area contributed by atoms with Gasteiger partial charge in [-0.3, -0.25) is 4.79 Å². The standard InChI is InChI=1S/C22H21NO2S/c1-22(2,15-11-12-26-13-15)14-23-21(24)20-16-7-3-5-9-18(16)25-19-10-6-4-8-17(19)20/h3-13,20H,14H2,1-2H3,(H,23,24). The summed E-state index contributed by atoms with van der Waals surface area (Å²) >= 11 is 1.68. The van der Waals surface area contributed by atoms with E-state index in [2.05, 4.69) is 36.0 Å². The Balaban J connectivity index is 1.62. The van der Waals surface area contributed by atoms with Crippen LogP contribution in [0, 0.1) is 0 Å². The summed E-state index contributed by atoms with van der Waals surface area (Å²) < 4.78 is 5.98. The largest absolute Gasteiger partial charge is 0.457 e. The van der Waals surface area contributed by atoms with Crippen LogP contribution in [0.5, 0.6) is 11.5 Å². The van der Waals surface area contributed by atoms with Crippen LogP contribution in [0.4, 0.5) is 0 Å². The zero-order valence-electron chi connectivity index (χ0n) is 14.9. The van der Waals surface area contributed by atoms with E-state index in [0.29, 0.717) is 6.54 Å². The van der Waals surface area contributed by atoms with Gasteiger partial charge in [-0.05, 0) is 34.5 Å². The van der Waals surface area contributed by atoms with Gasteiger partial charge < -0.3 is 10.1 Å². The van der Waals surface area contributed by atoms with Gasteiger partial charge in [0.2, 0.25) is 5.91 Å². The summed E-state index contributed by atoms with van der Waals surface area (Å²) in [5.74, 6) is 1.16. The fraction of sp³-hybridized carbons (Fsp3) is 0.227. The summed E-state index contributed by atoms with van der Waals surface area (Å²) in [6.45, 7) is 4.90. The SMILES string of the molecule is CC(C)(CNC(=O)C1c2ccccc2Oc2ccccc21)c1ccsc1. The van der Waals surface area contributed by atoms with Crippen LogP contribution in [0.1, 0.15) is 36.5 Å². The van der Waals surface area contributed by atoms with Gasteiger partial charge >= 0.3 is 0 Å². The van der Waals surface area contributed by atoms with Crippen molar-refractivity contribution in [2.45, 2.75) is 25.2 Å². The van der Waals surface area contributed by atoms with E-state index in [-0.39, 0.29) is 17.2 Å². The maximum absolute atomic E-state index is 13.2. The number of fused-ring (bicyclic) bond motifs is 2. The number of thiophene rings is 1. The second-order valence-electron chi connectivity index (χ2n) is 7.22. The zero-order valence-corrected chi connectivity index (χ0v) is 15.7. The molecule has 3 aromatic rings. The van der Waals surface area contributed by atoms with Crippen molar-refractivity contribution in [3.63, 3.8) is 0 Å². The Morgan fingerprint density at radius 2 is 1.65 bits per heavy atom. The van der Waals surface area contributed by atoms with Crippen LogP contribution in [0.2, 0.25) is 0 Å². The first-order chi connectivity index (χ1) is 12.6. The number of carbonyl (C=O) groups is 1. The molecule has 0 bridgehead atoms. The quantitative estimate of drug-likeness (QED) is 0.702. The lowest BCUT2D eigenvalue weighted by Crippen LogP contribution is -2.39. The van der Waals surface area contributed by atoms with Crippen LogP contribution in [0.15, 0.2) is 65.4 Å². The number of rotatable bonds is 4. The first-order valence-electron chi connectivity index (χ1n) is 8.72. The van der Waals surface area contributed by atoms with Crippen molar-refractivity contribution in [1.82, 2.24) is 5.32 Å². The number of nitrogens with one attached hydrogen (secondary N) is 1. The lowest BCUT2D eigenvalue weighted by molar-refractivity contribution is -0.122. The predicted octanol–water partition coefficient (Wildman–Crippen LogP) is 5.08. The maximum atomic E-state index is 13.2. The molecule has 4 rings (SSSR count). The summed E-state index contributed by atoms with van der Waals surface area (Å²) in [5, 5.41) is 7.39. The minimum atomic E-state index is -0.352. The van der Waals surface area contributed by atoms with Gasteiger partial charge in [0, 0.05) is 23.1 Å². The Bertz CT molecular complexity index is 885. The molecule has 0 saturated heterocycles. The molecule has 26 heavy (non-hydrogen) atoms. The van der Waals surface area contributed by atoms with Gasteiger partial charge in [0.15, 0.2) is 0 Å². The average molecular weight is 363 g/mol. The van der Waals surface area contributed by atoms with Crippen molar-refractivity contribution < 1.29 is 9.53 Å². The molecular weight excluding hydrogens is 342 g/mol. The number of carbonyl (C=O) groups excluding carboxylic acids is 1. The first kappa shape index (κ1) is 16.9. The molecule has 1 aromatic heterocycles. The molecule has 1 N–H and O–H groups in total. The molecule has 2 heterocycles. The summed E-state index contributed by atoms with van der Waals surface area (Å²) in [6, 6.07) is 17.7. The Kier molecular flexibility index (Phi) is 4.29. The van der Waals surface area contributed by atoms with Crippen LogP contribution in [0.3, 0.4) is 0 Å². The maximum Gasteiger partial charge on any atom is 0.232 e. The topological polar surface area (TPSA) is 38.3 Å². The summed E-state index contributed by atoms with van der Waals surface area (Å²) in [5.41, 5.74) is 2.96.